The maximum absolute atomic E-state index is 4.09. The van der Waals surface area contributed by atoms with E-state index in [0.29, 0.717) is 0 Å². The number of nitrogens with zero attached hydrogens (tertiary/aromatic N) is 1. The zero-order valence-electron chi connectivity index (χ0n) is 38.1. The summed E-state index contributed by atoms with van der Waals surface area (Å²) in [6, 6.07) is 72.9. The molecule has 1 heterocycles. The third-order valence-electron chi connectivity index (χ3n) is 15.4. The van der Waals surface area contributed by atoms with Gasteiger partial charge in [-0.05, 0) is 126 Å². The predicted octanol–water partition coefficient (Wildman–Crippen LogP) is 15.2. The lowest BCUT2D eigenvalue weighted by Crippen LogP contribution is -2.41. The van der Waals surface area contributed by atoms with Crippen LogP contribution in [0.2, 0.25) is 0 Å². The van der Waals surface area contributed by atoms with Gasteiger partial charge in [0.1, 0.15) is 0 Å². The zero-order valence-corrected chi connectivity index (χ0v) is 38.1. The van der Waals surface area contributed by atoms with Crippen molar-refractivity contribution in [2.75, 3.05) is 10.2 Å². The molecule has 0 bridgehead atoms. The molecule has 0 fully saturated rings. The second-order valence-corrected chi connectivity index (χ2v) is 19.8. The Hall–Kier alpha value is -7.62. The number of hydrogen-bond acceptors (Lipinski definition) is 2. The van der Waals surface area contributed by atoms with Crippen LogP contribution in [-0.2, 0) is 10.8 Å². The van der Waals surface area contributed by atoms with Crippen molar-refractivity contribution in [1.29, 1.82) is 0 Å². The summed E-state index contributed by atoms with van der Waals surface area (Å²) in [7, 11) is 0.801. The van der Waals surface area contributed by atoms with Crippen LogP contribution < -0.4 is 21.1 Å². The van der Waals surface area contributed by atoms with Crippen molar-refractivity contribution in [3.05, 3.63) is 222 Å². The van der Waals surface area contributed by atoms with Gasteiger partial charge in [0.25, 0.3) is 0 Å². The highest BCUT2D eigenvalue weighted by Crippen LogP contribution is 2.53. The maximum atomic E-state index is 4.09. The van der Waals surface area contributed by atoms with Crippen LogP contribution in [0.15, 0.2) is 194 Å². The summed E-state index contributed by atoms with van der Waals surface area (Å²) in [6.45, 7) is 11.8. The Morgan fingerprint density at radius 2 is 1.06 bits per heavy atom. The molecular weight excluding hydrogens is 796 g/mol. The number of anilines is 5. The first-order valence-electron chi connectivity index (χ1n) is 23.5. The third-order valence-corrected chi connectivity index (χ3v) is 15.4. The van der Waals surface area contributed by atoms with Crippen LogP contribution in [0.4, 0.5) is 28.4 Å². The molecule has 3 heteroatoms. The number of fused-ring (bicyclic) bond motifs is 11. The van der Waals surface area contributed by atoms with Gasteiger partial charge < -0.3 is 10.2 Å². The van der Waals surface area contributed by atoms with Crippen molar-refractivity contribution in [3.63, 3.8) is 0 Å². The van der Waals surface area contributed by atoms with Gasteiger partial charge in [0, 0.05) is 49.9 Å². The van der Waals surface area contributed by atoms with Gasteiger partial charge in [0.2, 0.25) is 0 Å². The molecular formula is C63H49BN2. The van der Waals surface area contributed by atoms with Crippen molar-refractivity contribution in [2.24, 2.45) is 0 Å². The average Bonchev–Trinajstić information content (AvgIpc) is 3.71. The smallest absolute Gasteiger partial charge is 0.198 e. The minimum Gasteiger partial charge on any atom is -0.354 e. The SMILES string of the molecule is Cc1cc(-c2ccccc2)ccc1N1c2cc3c(cc2Bc2c(-c4ccc5ccccc5c4Nc4ccc5c(c4)-c4ccccc4C5(C)C)cc4ccccc4c21)-c1ccccc1C3(C)C. The zero-order chi connectivity index (χ0) is 44.5. The van der Waals surface area contributed by atoms with Crippen molar-refractivity contribution in [3.8, 4) is 44.5 Å². The van der Waals surface area contributed by atoms with E-state index in [2.05, 4.69) is 239 Å². The van der Waals surface area contributed by atoms with Crippen LogP contribution in [-0.4, -0.2) is 7.28 Å². The molecule has 0 amide bonds. The summed E-state index contributed by atoms with van der Waals surface area (Å²) in [5, 5.41) is 8.99. The first kappa shape index (κ1) is 38.8. The number of rotatable bonds is 5. The summed E-state index contributed by atoms with van der Waals surface area (Å²) in [6.07, 6.45) is 0. The molecule has 0 spiro atoms. The second-order valence-electron chi connectivity index (χ2n) is 19.8. The van der Waals surface area contributed by atoms with Crippen LogP contribution in [0.3, 0.4) is 0 Å². The largest absolute Gasteiger partial charge is 0.354 e. The Balaban J connectivity index is 1.06. The van der Waals surface area contributed by atoms with E-state index in [1.165, 1.54) is 122 Å². The lowest BCUT2D eigenvalue weighted by Gasteiger charge is -2.38. The Bertz CT molecular complexity index is 3670. The second kappa shape index (κ2) is 14.2. The fourth-order valence-corrected chi connectivity index (χ4v) is 12.0. The molecule has 0 radical (unpaired) electrons. The normalized spacial score (nSPS) is 14.5. The van der Waals surface area contributed by atoms with Gasteiger partial charge in [0.05, 0.1) is 5.69 Å². The Kier molecular flexibility index (Phi) is 8.34. The van der Waals surface area contributed by atoms with Crippen LogP contribution >= 0.6 is 0 Å². The minimum atomic E-state index is -0.135. The summed E-state index contributed by atoms with van der Waals surface area (Å²) in [5.74, 6) is 0. The fourth-order valence-electron chi connectivity index (χ4n) is 12.0. The van der Waals surface area contributed by atoms with E-state index in [1.807, 2.05) is 0 Å². The van der Waals surface area contributed by atoms with E-state index in [1.54, 1.807) is 0 Å². The number of nitrogens with one attached hydrogen (secondary N) is 1. The van der Waals surface area contributed by atoms with E-state index >= 15 is 0 Å². The molecule has 314 valence electrons. The van der Waals surface area contributed by atoms with Crippen LogP contribution in [0.25, 0.3) is 66.1 Å². The van der Waals surface area contributed by atoms with Crippen molar-refractivity contribution >= 4 is 68.2 Å². The molecule has 0 saturated heterocycles. The Morgan fingerprint density at radius 1 is 0.424 bits per heavy atom. The molecule has 0 aromatic heterocycles. The molecule has 0 saturated carbocycles. The van der Waals surface area contributed by atoms with Gasteiger partial charge in [-0.3, -0.25) is 0 Å². The first-order valence-corrected chi connectivity index (χ1v) is 23.5. The van der Waals surface area contributed by atoms with Crippen LogP contribution in [0.1, 0.15) is 55.5 Å². The summed E-state index contributed by atoms with van der Waals surface area (Å²) in [4.78, 5) is 2.62. The van der Waals surface area contributed by atoms with E-state index in [4.69, 9.17) is 0 Å². The Morgan fingerprint density at radius 3 is 1.82 bits per heavy atom. The summed E-state index contributed by atoms with van der Waals surface area (Å²) in [5.41, 5.74) is 25.4. The molecule has 2 aliphatic carbocycles. The van der Waals surface area contributed by atoms with Gasteiger partial charge in [0.15, 0.2) is 7.28 Å². The molecule has 2 nitrogen and oxygen atoms in total. The molecule has 10 aromatic carbocycles. The van der Waals surface area contributed by atoms with Gasteiger partial charge >= 0.3 is 0 Å². The molecule has 1 N–H and O–H groups in total. The number of aryl methyl sites for hydroxylation is 1. The highest BCUT2D eigenvalue weighted by molar-refractivity contribution is 6.74. The molecule has 1 aliphatic heterocycles. The van der Waals surface area contributed by atoms with E-state index in [-0.39, 0.29) is 10.8 Å². The van der Waals surface area contributed by atoms with Crippen molar-refractivity contribution in [2.45, 2.75) is 45.4 Å². The monoisotopic (exact) mass is 844 g/mol. The topological polar surface area (TPSA) is 15.3 Å². The molecule has 0 unspecified atom stereocenters. The standard InChI is InChI=1S/C63H49BN2/c1-38-33-41(39-17-7-6-8-18-39)28-32-57(38)66-58-37-55-50(47-24-14-16-26-53(47)63(55,4)5)36-56(58)64-59-51(34-42-20-10-12-22-45(42)61(59)66)48-30-27-40-19-9-11-21-44(40)60(48)65-43-29-31-54-49(35-43)46-23-13-15-25-52(46)62(54,2)3/h6-37,64-65H,1-5H3. The lowest BCUT2D eigenvalue weighted by molar-refractivity contribution is 0.660. The third kappa shape index (κ3) is 5.62. The van der Waals surface area contributed by atoms with E-state index < -0.39 is 0 Å². The van der Waals surface area contributed by atoms with Crippen molar-refractivity contribution in [1.82, 2.24) is 0 Å². The number of benzene rings is 10. The Labute approximate surface area is 388 Å². The minimum absolute atomic E-state index is 0.0560. The van der Waals surface area contributed by atoms with Gasteiger partial charge in [-0.1, -0.05) is 191 Å². The molecule has 3 aliphatic rings. The number of hydrogen-bond donors (Lipinski definition) is 1. The average molecular weight is 845 g/mol. The molecule has 66 heavy (non-hydrogen) atoms. The van der Waals surface area contributed by atoms with E-state index in [9.17, 15) is 0 Å². The highest BCUT2D eigenvalue weighted by Gasteiger charge is 2.39. The van der Waals surface area contributed by atoms with Gasteiger partial charge in [-0.2, -0.15) is 0 Å². The van der Waals surface area contributed by atoms with Gasteiger partial charge in [-0.25, -0.2) is 0 Å². The van der Waals surface area contributed by atoms with Crippen molar-refractivity contribution < 1.29 is 0 Å². The fraction of sp³-hybridized carbons (Fsp3) is 0.111. The predicted molar refractivity (Wildman–Crippen MR) is 283 cm³/mol. The maximum Gasteiger partial charge on any atom is 0.198 e. The molecule has 13 rings (SSSR count). The molecule has 10 aromatic rings. The molecule has 0 atom stereocenters. The van der Waals surface area contributed by atoms with E-state index in [0.717, 1.165) is 18.7 Å². The van der Waals surface area contributed by atoms with Crippen LogP contribution in [0, 0.1) is 6.92 Å². The van der Waals surface area contributed by atoms with Gasteiger partial charge in [-0.15, -0.1) is 0 Å². The summed E-state index contributed by atoms with van der Waals surface area (Å²) < 4.78 is 0. The quantitative estimate of drug-likeness (QED) is 0.174. The first-order chi connectivity index (χ1) is 32.1. The van der Waals surface area contributed by atoms with Crippen LogP contribution in [0.5, 0.6) is 0 Å². The lowest BCUT2D eigenvalue weighted by atomic mass is 9.57. The summed E-state index contributed by atoms with van der Waals surface area (Å²) >= 11 is 0. The highest BCUT2D eigenvalue weighted by atomic mass is 15.2.